The molecule has 0 radical (unpaired) electrons. The summed E-state index contributed by atoms with van der Waals surface area (Å²) in [5.74, 6) is 1.16. The molecule has 1 aromatic heterocycles. The van der Waals surface area contributed by atoms with Crippen LogP contribution in [0.5, 0.6) is 0 Å². The quantitative estimate of drug-likeness (QED) is 0.630. The third kappa shape index (κ3) is 4.72. The Balaban J connectivity index is 1.51. The molecule has 9 heteroatoms. The zero-order valence-electron chi connectivity index (χ0n) is 17.2. The third-order valence-electron chi connectivity index (χ3n) is 5.98. The van der Waals surface area contributed by atoms with E-state index in [0.29, 0.717) is 12.5 Å². The molecule has 2 fully saturated rings. The minimum atomic E-state index is -3.09. The molecule has 2 heterocycles. The van der Waals surface area contributed by atoms with Crippen LogP contribution in [0.15, 0.2) is 35.5 Å². The van der Waals surface area contributed by atoms with Crippen molar-refractivity contribution in [3.63, 3.8) is 0 Å². The number of aromatic nitrogens is 3. The lowest BCUT2D eigenvalue weighted by molar-refractivity contribution is -0.116. The van der Waals surface area contributed by atoms with Crippen LogP contribution in [0.4, 0.5) is 5.69 Å². The first kappa shape index (κ1) is 21.4. The van der Waals surface area contributed by atoms with Gasteiger partial charge in [0, 0.05) is 11.7 Å². The van der Waals surface area contributed by atoms with Crippen molar-refractivity contribution in [1.82, 2.24) is 14.8 Å². The average Bonchev–Trinajstić information content (AvgIpc) is 3.29. The fourth-order valence-corrected chi connectivity index (χ4v) is 7.14. The van der Waals surface area contributed by atoms with Gasteiger partial charge < -0.3 is 9.47 Å². The highest BCUT2D eigenvalue weighted by atomic mass is 32.2. The topological polar surface area (TPSA) is 85.2 Å². The normalized spacial score (nSPS) is 21.6. The summed E-state index contributed by atoms with van der Waals surface area (Å²) in [6.45, 7) is 1.97. The SMILES string of the molecule is Cc1nnc(SCC(=O)N(c2ccccc2)[C@@H]2CCS(=O)(=O)C2)n1C1CCCCC1. The molecular weight excluding hydrogens is 420 g/mol. The molecule has 30 heavy (non-hydrogen) atoms. The van der Waals surface area contributed by atoms with E-state index in [1.54, 1.807) is 4.90 Å². The van der Waals surface area contributed by atoms with Gasteiger partial charge in [-0.15, -0.1) is 10.2 Å². The van der Waals surface area contributed by atoms with Crippen molar-refractivity contribution in [1.29, 1.82) is 0 Å². The fraction of sp³-hybridized carbons (Fsp3) is 0.571. The van der Waals surface area contributed by atoms with Crippen molar-refractivity contribution < 1.29 is 13.2 Å². The van der Waals surface area contributed by atoms with Crippen LogP contribution in [0, 0.1) is 6.92 Å². The zero-order chi connectivity index (χ0) is 21.1. The van der Waals surface area contributed by atoms with Gasteiger partial charge in [-0.05, 0) is 38.3 Å². The number of hydrogen-bond acceptors (Lipinski definition) is 6. The number of carbonyl (C=O) groups excluding carboxylic acids is 1. The van der Waals surface area contributed by atoms with Gasteiger partial charge in [-0.2, -0.15) is 0 Å². The maximum absolute atomic E-state index is 13.3. The fourth-order valence-electron chi connectivity index (χ4n) is 4.53. The summed E-state index contributed by atoms with van der Waals surface area (Å²) < 4.78 is 26.3. The van der Waals surface area contributed by atoms with Crippen LogP contribution in [0.2, 0.25) is 0 Å². The van der Waals surface area contributed by atoms with Gasteiger partial charge in [0.2, 0.25) is 5.91 Å². The zero-order valence-corrected chi connectivity index (χ0v) is 18.9. The summed E-state index contributed by atoms with van der Waals surface area (Å²) in [5.41, 5.74) is 0.745. The highest BCUT2D eigenvalue weighted by molar-refractivity contribution is 7.99. The van der Waals surface area contributed by atoms with E-state index in [1.165, 1.54) is 31.0 Å². The number of carbonyl (C=O) groups is 1. The van der Waals surface area contributed by atoms with Gasteiger partial charge in [-0.3, -0.25) is 4.79 Å². The molecule has 0 unspecified atom stereocenters. The summed E-state index contributed by atoms with van der Waals surface area (Å²) in [4.78, 5) is 14.9. The lowest BCUT2D eigenvalue weighted by atomic mass is 9.95. The summed E-state index contributed by atoms with van der Waals surface area (Å²) in [6, 6.07) is 9.44. The van der Waals surface area contributed by atoms with Crippen molar-refractivity contribution in [2.45, 2.75) is 62.7 Å². The number of benzene rings is 1. The molecule has 2 aromatic rings. The molecule has 0 spiro atoms. The van der Waals surface area contributed by atoms with E-state index in [1.807, 2.05) is 37.3 Å². The Labute approximate surface area is 182 Å². The number of para-hydroxylation sites is 1. The van der Waals surface area contributed by atoms with Crippen LogP contribution in [0.1, 0.15) is 50.4 Å². The molecule has 1 saturated carbocycles. The Kier molecular flexibility index (Phi) is 6.48. The van der Waals surface area contributed by atoms with E-state index in [0.717, 1.165) is 29.5 Å². The van der Waals surface area contributed by atoms with E-state index in [-0.39, 0.29) is 29.2 Å². The number of amides is 1. The maximum Gasteiger partial charge on any atom is 0.237 e. The summed E-state index contributed by atoms with van der Waals surface area (Å²) in [6.07, 6.45) is 6.42. The molecule has 2 aliphatic rings. The van der Waals surface area contributed by atoms with Crippen molar-refractivity contribution >= 4 is 33.2 Å². The first-order chi connectivity index (χ1) is 14.4. The van der Waals surface area contributed by atoms with Crippen molar-refractivity contribution in [3.8, 4) is 0 Å². The number of thioether (sulfide) groups is 1. The van der Waals surface area contributed by atoms with Crippen LogP contribution in [0.25, 0.3) is 0 Å². The molecule has 1 saturated heterocycles. The first-order valence-corrected chi connectivity index (χ1v) is 13.4. The molecule has 1 amide bonds. The lowest BCUT2D eigenvalue weighted by Crippen LogP contribution is -2.42. The van der Waals surface area contributed by atoms with Gasteiger partial charge in [0.15, 0.2) is 15.0 Å². The second-order valence-corrected chi connectivity index (χ2v) is 11.3. The van der Waals surface area contributed by atoms with Crippen LogP contribution in [0.3, 0.4) is 0 Å². The van der Waals surface area contributed by atoms with E-state index in [2.05, 4.69) is 14.8 Å². The predicted octanol–water partition coefficient (Wildman–Crippen LogP) is 3.40. The van der Waals surface area contributed by atoms with Crippen LogP contribution < -0.4 is 4.90 Å². The van der Waals surface area contributed by atoms with Gasteiger partial charge in [0.25, 0.3) is 0 Å². The molecule has 162 valence electrons. The number of aryl methyl sites for hydroxylation is 1. The van der Waals surface area contributed by atoms with Gasteiger partial charge in [-0.1, -0.05) is 49.2 Å². The molecule has 7 nitrogen and oxygen atoms in total. The molecular formula is C21H28N4O3S2. The van der Waals surface area contributed by atoms with Gasteiger partial charge in [-0.25, -0.2) is 8.42 Å². The maximum atomic E-state index is 13.3. The smallest absolute Gasteiger partial charge is 0.237 e. The van der Waals surface area contributed by atoms with Gasteiger partial charge >= 0.3 is 0 Å². The molecule has 1 aromatic carbocycles. The Morgan fingerprint density at radius 1 is 1.13 bits per heavy atom. The molecule has 1 atom stereocenters. The monoisotopic (exact) mass is 448 g/mol. The summed E-state index contributed by atoms with van der Waals surface area (Å²) >= 11 is 1.40. The van der Waals surface area contributed by atoms with Crippen molar-refractivity contribution in [2.75, 3.05) is 22.2 Å². The number of rotatable bonds is 6. The largest absolute Gasteiger partial charge is 0.308 e. The van der Waals surface area contributed by atoms with Crippen LogP contribution in [-0.2, 0) is 14.6 Å². The summed E-state index contributed by atoms with van der Waals surface area (Å²) in [7, 11) is -3.09. The minimum absolute atomic E-state index is 0.0235. The second kappa shape index (κ2) is 9.09. The molecule has 1 aliphatic carbocycles. The Morgan fingerprint density at radius 2 is 1.87 bits per heavy atom. The van der Waals surface area contributed by atoms with E-state index >= 15 is 0 Å². The molecule has 1 aliphatic heterocycles. The van der Waals surface area contributed by atoms with E-state index < -0.39 is 9.84 Å². The second-order valence-electron chi connectivity index (χ2n) is 8.14. The average molecular weight is 449 g/mol. The molecule has 0 bridgehead atoms. The lowest BCUT2D eigenvalue weighted by Gasteiger charge is -2.28. The van der Waals surface area contributed by atoms with Crippen LogP contribution >= 0.6 is 11.8 Å². The van der Waals surface area contributed by atoms with Gasteiger partial charge in [0.1, 0.15) is 5.82 Å². The Bertz CT molecular complexity index is 985. The highest BCUT2D eigenvalue weighted by Crippen LogP contribution is 2.33. The number of anilines is 1. The molecule has 0 N–H and O–H groups in total. The van der Waals surface area contributed by atoms with E-state index in [9.17, 15) is 13.2 Å². The first-order valence-electron chi connectivity index (χ1n) is 10.6. The Morgan fingerprint density at radius 3 is 2.53 bits per heavy atom. The standard InChI is InChI=1S/C21H28N4O3S2/c1-16-22-23-21(24(16)17-8-4-2-5-9-17)29-14-20(26)25(18-10-6-3-7-11-18)19-12-13-30(27,28)15-19/h3,6-7,10-11,17,19H,2,4-5,8-9,12-15H2,1H3/t19-/m1/s1. The minimum Gasteiger partial charge on any atom is -0.308 e. The van der Waals surface area contributed by atoms with Gasteiger partial charge in [0.05, 0.1) is 23.3 Å². The number of sulfone groups is 1. The number of nitrogens with zero attached hydrogens (tertiary/aromatic N) is 4. The van der Waals surface area contributed by atoms with Crippen LogP contribution in [-0.4, -0.2) is 52.4 Å². The van der Waals surface area contributed by atoms with E-state index in [4.69, 9.17) is 0 Å². The Hall–Kier alpha value is -1.87. The van der Waals surface area contributed by atoms with Crippen molar-refractivity contribution in [3.05, 3.63) is 36.2 Å². The molecule has 4 rings (SSSR count). The highest BCUT2D eigenvalue weighted by Gasteiger charge is 2.35. The predicted molar refractivity (Wildman–Crippen MR) is 119 cm³/mol. The third-order valence-corrected chi connectivity index (χ3v) is 8.65. The van der Waals surface area contributed by atoms with Crippen molar-refractivity contribution in [2.24, 2.45) is 0 Å². The number of hydrogen-bond donors (Lipinski definition) is 0. The summed E-state index contributed by atoms with van der Waals surface area (Å²) in [5, 5.41) is 9.36.